The molecular weight excluding hydrogens is 169 g/mol. The lowest BCUT2D eigenvalue weighted by molar-refractivity contribution is -0.122. The summed E-state index contributed by atoms with van der Waals surface area (Å²) in [6, 6.07) is 0. The van der Waals surface area contributed by atoms with Crippen molar-refractivity contribution >= 4 is 15.0 Å². The number of carbonyl (C=O) groups is 1. The van der Waals surface area contributed by atoms with Crippen molar-refractivity contribution in [1.82, 2.24) is 5.32 Å². The molecule has 70 valence electrons. The van der Waals surface area contributed by atoms with Crippen molar-refractivity contribution < 1.29 is 4.79 Å². The highest BCUT2D eigenvalue weighted by Gasteiger charge is 2.23. The van der Waals surface area contributed by atoms with E-state index in [0.717, 1.165) is 18.5 Å². The Morgan fingerprint density at radius 2 is 2.00 bits per heavy atom. The Morgan fingerprint density at radius 1 is 1.42 bits per heavy atom. The van der Waals surface area contributed by atoms with Crippen LogP contribution in [0.5, 0.6) is 0 Å². The molecule has 0 spiro atoms. The maximum absolute atomic E-state index is 11.4. The zero-order chi connectivity index (χ0) is 8.97. The zero-order valence-electron chi connectivity index (χ0n) is 7.68. The molecule has 1 saturated carbocycles. The molecule has 0 bridgehead atoms. The van der Waals surface area contributed by atoms with Crippen molar-refractivity contribution in [2.75, 3.05) is 13.6 Å². The first-order chi connectivity index (χ1) is 5.74. The number of likely N-dealkylation sites (N-methyl/N-ethyl adjacent to an activating group) is 1. The summed E-state index contributed by atoms with van der Waals surface area (Å²) in [6.45, 7) is 0.548. The third kappa shape index (κ3) is 2.84. The summed E-state index contributed by atoms with van der Waals surface area (Å²) in [5, 5.41) is 2.92. The van der Waals surface area contributed by atoms with Crippen LogP contribution in [-0.2, 0) is 4.79 Å². The van der Waals surface area contributed by atoms with E-state index in [1.807, 2.05) is 7.05 Å². The van der Waals surface area contributed by atoms with E-state index in [-0.39, 0.29) is 0 Å². The number of Topliss-reactive ketones (excluding diaryl/α,β-unsaturated/α-hetero) is 1. The Kier molecular flexibility index (Phi) is 4.17. The minimum Gasteiger partial charge on any atom is -0.313 e. The number of hydrogen-bond donors (Lipinski definition) is 1. The number of ketones is 1. The molecule has 0 amide bonds. The summed E-state index contributed by atoms with van der Waals surface area (Å²) in [5.41, 5.74) is 0.753. The maximum Gasteiger partial charge on any atom is 0.149 e. The van der Waals surface area contributed by atoms with Gasteiger partial charge in [-0.25, -0.2) is 0 Å². The Labute approximate surface area is 76.7 Å². The largest absolute Gasteiger partial charge is 0.313 e. The van der Waals surface area contributed by atoms with Crippen LogP contribution in [0.25, 0.3) is 0 Å². The topological polar surface area (TPSA) is 29.1 Å². The summed E-state index contributed by atoms with van der Waals surface area (Å²) in [6.07, 6.45) is 4.58. The minimum atomic E-state index is 0.342. The highest BCUT2D eigenvalue weighted by molar-refractivity contribution is 7.17. The highest BCUT2D eigenvalue weighted by Crippen LogP contribution is 2.28. The normalized spacial score (nSPS) is 30.2. The van der Waals surface area contributed by atoms with Crippen LogP contribution in [0.3, 0.4) is 0 Å². The standard InChI is InChI=1S/C9H18NOP/c1-10-6-9(11)7-2-4-8(12)5-3-7/h7-8,10H,2-6,12H2,1H3. The van der Waals surface area contributed by atoms with Gasteiger partial charge in [0.05, 0.1) is 6.54 Å². The second-order valence-corrected chi connectivity index (χ2v) is 4.55. The quantitative estimate of drug-likeness (QED) is 0.673. The lowest BCUT2D eigenvalue weighted by Crippen LogP contribution is -2.29. The van der Waals surface area contributed by atoms with Gasteiger partial charge in [-0.3, -0.25) is 4.79 Å². The SMILES string of the molecule is CNCC(=O)C1CCC(P)CC1. The fourth-order valence-electron chi connectivity index (χ4n) is 1.76. The molecule has 2 nitrogen and oxygen atoms in total. The fraction of sp³-hybridized carbons (Fsp3) is 0.889. The zero-order valence-corrected chi connectivity index (χ0v) is 8.83. The van der Waals surface area contributed by atoms with Gasteiger partial charge in [-0.05, 0) is 38.4 Å². The Morgan fingerprint density at radius 3 is 2.50 bits per heavy atom. The van der Waals surface area contributed by atoms with Crippen LogP contribution in [0.2, 0.25) is 0 Å². The first kappa shape index (κ1) is 10.1. The molecule has 0 heterocycles. The Balaban J connectivity index is 2.29. The van der Waals surface area contributed by atoms with Crippen LogP contribution in [0.1, 0.15) is 25.7 Å². The van der Waals surface area contributed by atoms with Gasteiger partial charge in [0, 0.05) is 5.92 Å². The van der Waals surface area contributed by atoms with Gasteiger partial charge in [-0.1, -0.05) is 0 Å². The molecule has 0 saturated heterocycles. The lowest BCUT2D eigenvalue weighted by Gasteiger charge is -2.24. The van der Waals surface area contributed by atoms with E-state index in [4.69, 9.17) is 0 Å². The van der Waals surface area contributed by atoms with Gasteiger partial charge in [-0.15, -0.1) is 9.24 Å². The van der Waals surface area contributed by atoms with Crippen molar-refractivity contribution in [3.63, 3.8) is 0 Å². The van der Waals surface area contributed by atoms with Gasteiger partial charge in [0.25, 0.3) is 0 Å². The molecule has 1 rings (SSSR count). The average molecular weight is 187 g/mol. The van der Waals surface area contributed by atoms with Crippen LogP contribution in [0, 0.1) is 5.92 Å². The van der Waals surface area contributed by atoms with Crippen molar-refractivity contribution in [3.8, 4) is 0 Å². The van der Waals surface area contributed by atoms with Gasteiger partial charge in [0.1, 0.15) is 5.78 Å². The number of carbonyl (C=O) groups excluding carboxylic acids is 1. The average Bonchev–Trinajstić information content (AvgIpc) is 2.06. The number of hydrogen-bond acceptors (Lipinski definition) is 2. The van der Waals surface area contributed by atoms with E-state index in [9.17, 15) is 4.79 Å². The summed E-state index contributed by atoms with van der Waals surface area (Å²) in [4.78, 5) is 11.4. The summed E-state index contributed by atoms with van der Waals surface area (Å²) < 4.78 is 0. The predicted octanol–water partition coefficient (Wildman–Crippen LogP) is 1.21. The molecule has 0 aromatic carbocycles. The van der Waals surface area contributed by atoms with E-state index in [1.165, 1.54) is 12.8 Å². The van der Waals surface area contributed by atoms with Crippen molar-refractivity contribution in [2.24, 2.45) is 5.92 Å². The molecule has 0 aliphatic heterocycles. The Hall–Kier alpha value is 0.0600. The van der Waals surface area contributed by atoms with E-state index in [0.29, 0.717) is 18.2 Å². The molecule has 1 aliphatic carbocycles. The molecule has 1 fully saturated rings. The second-order valence-electron chi connectivity index (χ2n) is 3.61. The third-order valence-electron chi connectivity index (χ3n) is 2.58. The van der Waals surface area contributed by atoms with Gasteiger partial charge in [0.2, 0.25) is 0 Å². The monoisotopic (exact) mass is 187 g/mol. The first-order valence-electron chi connectivity index (χ1n) is 4.67. The van der Waals surface area contributed by atoms with Crippen molar-refractivity contribution in [2.45, 2.75) is 31.3 Å². The van der Waals surface area contributed by atoms with Gasteiger partial charge >= 0.3 is 0 Å². The highest BCUT2D eigenvalue weighted by atomic mass is 31.0. The van der Waals surface area contributed by atoms with E-state index < -0.39 is 0 Å². The molecule has 3 heteroatoms. The summed E-state index contributed by atoms with van der Waals surface area (Å²) in [7, 11) is 4.69. The second kappa shape index (κ2) is 4.94. The third-order valence-corrected chi connectivity index (χ3v) is 3.24. The van der Waals surface area contributed by atoms with E-state index >= 15 is 0 Å². The fourth-order valence-corrected chi connectivity index (χ4v) is 2.14. The Bertz CT molecular complexity index is 153. The molecule has 0 radical (unpaired) electrons. The summed E-state index contributed by atoms with van der Waals surface area (Å²) in [5.74, 6) is 0.739. The molecule has 1 atom stereocenters. The minimum absolute atomic E-state index is 0.342. The molecule has 1 aliphatic rings. The van der Waals surface area contributed by atoms with Crippen LogP contribution in [0.4, 0.5) is 0 Å². The van der Waals surface area contributed by atoms with Crippen molar-refractivity contribution in [1.29, 1.82) is 0 Å². The first-order valence-corrected chi connectivity index (χ1v) is 5.33. The number of nitrogens with one attached hydrogen (secondary N) is 1. The van der Waals surface area contributed by atoms with Crippen LogP contribution in [0.15, 0.2) is 0 Å². The van der Waals surface area contributed by atoms with Gasteiger partial charge in [-0.2, -0.15) is 0 Å². The lowest BCUT2D eigenvalue weighted by atomic mass is 9.86. The molecule has 0 aromatic heterocycles. The van der Waals surface area contributed by atoms with Crippen LogP contribution >= 0.6 is 9.24 Å². The van der Waals surface area contributed by atoms with Gasteiger partial charge < -0.3 is 5.32 Å². The summed E-state index contributed by atoms with van der Waals surface area (Å²) >= 11 is 0. The molecule has 12 heavy (non-hydrogen) atoms. The molecule has 1 N–H and O–H groups in total. The molecule has 0 aromatic rings. The van der Waals surface area contributed by atoms with Crippen LogP contribution in [-0.4, -0.2) is 25.0 Å². The number of rotatable bonds is 3. The van der Waals surface area contributed by atoms with E-state index in [1.54, 1.807) is 0 Å². The predicted molar refractivity (Wildman–Crippen MR) is 54.4 cm³/mol. The van der Waals surface area contributed by atoms with Gasteiger partial charge in [0.15, 0.2) is 0 Å². The molecular formula is C9H18NOP. The smallest absolute Gasteiger partial charge is 0.149 e. The maximum atomic E-state index is 11.4. The van der Waals surface area contributed by atoms with E-state index in [2.05, 4.69) is 14.6 Å². The van der Waals surface area contributed by atoms with Crippen LogP contribution < -0.4 is 5.32 Å². The molecule has 1 unspecified atom stereocenters. The van der Waals surface area contributed by atoms with Crippen molar-refractivity contribution in [3.05, 3.63) is 0 Å².